The molecule has 0 fully saturated rings. The fourth-order valence-electron chi connectivity index (χ4n) is 0.259. The van der Waals surface area contributed by atoms with Crippen LogP contribution in [-0.2, 0) is 4.79 Å². The van der Waals surface area contributed by atoms with E-state index in [2.05, 4.69) is 0 Å². The van der Waals surface area contributed by atoms with Gasteiger partial charge in [-0.05, 0) is 13.2 Å². The summed E-state index contributed by atoms with van der Waals surface area (Å²) in [6.45, 7) is 1.52. The maximum atomic E-state index is 10.5. The zero-order valence-electron chi connectivity index (χ0n) is 5.59. The van der Waals surface area contributed by atoms with Crippen molar-refractivity contribution in [2.75, 3.05) is 12.0 Å². The molecule has 0 aliphatic carbocycles. The minimum atomic E-state index is -0.276. The molecular formula is C5H11NOS2. The molecule has 0 aromatic carbocycles. The molecule has 0 aliphatic heterocycles. The quantitative estimate of drug-likeness (QED) is 0.629. The van der Waals surface area contributed by atoms with Crippen molar-refractivity contribution in [2.24, 2.45) is 5.73 Å². The summed E-state index contributed by atoms with van der Waals surface area (Å²) < 4.78 is 0. The molecule has 1 atom stereocenters. The van der Waals surface area contributed by atoms with E-state index in [4.69, 9.17) is 5.73 Å². The first-order valence-corrected chi connectivity index (χ1v) is 5.33. The number of Topliss-reactive ketones (excluding diaryl/α,β-unsaturated/α-hetero) is 1. The van der Waals surface area contributed by atoms with Gasteiger partial charge in [-0.3, -0.25) is 4.79 Å². The average molecular weight is 165 g/mol. The summed E-state index contributed by atoms with van der Waals surface area (Å²) in [6, 6.07) is -0.276. The molecule has 2 N–H and O–H groups in total. The van der Waals surface area contributed by atoms with E-state index in [9.17, 15) is 4.79 Å². The largest absolute Gasteiger partial charge is 0.321 e. The zero-order chi connectivity index (χ0) is 7.28. The number of rotatable bonds is 4. The normalized spacial score (nSPS) is 13.2. The van der Waals surface area contributed by atoms with E-state index >= 15 is 0 Å². The third kappa shape index (κ3) is 4.81. The van der Waals surface area contributed by atoms with Gasteiger partial charge >= 0.3 is 0 Å². The second-order valence-electron chi connectivity index (χ2n) is 1.67. The van der Waals surface area contributed by atoms with Crippen molar-refractivity contribution in [1.82, 2.24) is 0 Å². The van der Waals surface area contributed by atoms with Crippen molar-refractivity contribution in [3.05, 3.63) is 0 Å². The topological polar surface area (TPSA) is 43.1 Å². The number of carbonyl (C=O) groups excluding carboxylic acids is 1. The van der Waals surface area contributed by atoms with Crippen LogP contribution in [0.2, 0.25) is 0 Å². The lowest BCUT2D eigenvalue weighted by atomic mass is 10.3. The Morgan fingerprint density at radius 2 is 2.33 bits per heavy atom. The van der Waals surface area contributed by atoms with Gasteiger partial charge in [0.25, 0.3) is 0 Å². The summed E-state index contributed by atoms with van der Waals surface area (Å²) >= 11 is 0. The average Bonchev–Trinajstić information content (AvgIpc) is 1.82. The van der Waals surface area contributed by atoms with Crippen LogP contribution < -0.4 is 5.73 Å². The first kappa shape index (κ1) is 9.33. The summed E-state index contributed by atoms with van der Waals surface area (Å²) in [5, 5.41) is 0. The first-order chi connectivity index (χ1) is 4.18. The van der Waals surface area contributed by atoms with Gasteiger partial charge in [0, 0.05) is 5.75 Å². The highest BCUT2D eigenvalue weighted by Gasteiger charge is 2.06. The van der Waals surface area contributed by atoms with Crippen LogP contribution in [0.1, 0.15) is 6.92 Å². The highest BCUT2D eigenvalue weighted by Crippen LogP contribution is 2.16. The Bertz CT molecular complexity index is 97.0. The molecule has 9 heavy (non-hydrogen) atoms. The maximum absolute atomic E-state index is 10.5. The molecule has 0 rings (SSSR count). The third-order valence-electron chi connectivity index (χ3n) is 0.888. The summed E-state index contributed by atoms with van der Waals surface area (Å²) in [5.41, 5.74) is 5.42. The monoisotopic (exact) mass is 165 g/mol. The van der Waals surface area contributed by atoms with E-state index in [1.54, 1.807) is 21.6 Å². The molecule has 0 heterocycles. The molecule has 4 heteroatoms. The molecule has 0 bridgehead atoms. The molecule has 0 aromatic heterocycles. The highest BCUT2D eigenvalue weighted by atomic mass is 33.1. The van der Waals surface area contributed by atoms with Crippen LogP contribution in [0, 0.1) is 0 Å². The van der Waals surface area contributed by atoms with Crippen molar-refractivity contribution < 1.29 is 4.79 Å². The Hall–Kier alpha value is 0.330. The Kier molecular flexibility index (Phi) is 5.33. The molecule has 0 unspecified atom stereocenters. The molecule has 0 aliphatic rings. The number of carbonyl (C=O) groups is 1. The summed E-state index contributed by atoms with van der Waals surface area (Å²) in [5.74, 6) is 0.785. The molecule has 0 saturated heterocycles. The maximum Gasteiger partial charge on any atom is 0.147 e. The number of ketones is 1. The van der Waals surface area contributed by atoms with Gasteiger partial charge in [-0.1, -0.05) is 21.6 Å². The molecule has 0 amide bonds. The van der Waals surface area contributed by atoms with E-state index in [1.807, 2.05) is 6.26 Å². The number of nitrogens with two attached hydrogens (primary N) is 1. The first-order valence-electron chi connectivity index (χ1n) is 2.60. The van der Waals surface area contributed by atoms with E-state index in [1.165, 1.54) is 6.92 Å². The fraction of sp³-hybridized carbons (Fsp3) is 0.800. The Labute approximate surface area is 63.3 Å². The zero-order valence-corrected chi connectivity index (χ0v) is 7.22. The summed E-state index contributed by atoms with van der Waals surface area (Å²) in [7, 11) is 3.25. The highest BCUT2D eigenvalue weighted by molar-refractivity contribution is 8.76. The molecule has 0 radical (unpaired) electrons. The van der Waals surface area contributed by atoms with Crippen LogP contribution in [0.15, 0.2) is 0 Å². The Morgan fingerprint density at radius 1 is 1.78 bits per heavy atom. The van der Waals surface area contributed by atoms with Gasteiger partial charge in [0.05, 0.1) is 6.04 Å². The van der Waals surface area contributed by atoms with Gasteiger partial charge < -0.3 is 5.73 Å². The van der Waals surface area contributed by atoms with Gasteiger partial charge in [0.2, 0.25) is 0 Å². The van der Waals surface area contributed by atoms with Gasteiger partial charge in [0.1, 0.15) is 5.78 Å². The predicted octanol–water partition coefficient (Wildman–Crippen LogP) is 0.914. The van der Waals surface area contributed by atoms with Crippen LogP contribution in [0.25, 0.3) is 0 Å². The molecular weight excluding hydrogens is 154 g/mol. The third-order valence-corrected chi connectivity index (χ3v) is 2.73. The summed E-state index contributed by atoms with van der Waals surface area (Å²) in [6.07, 6.45) is 1.97. The lowest BCUT2D eigenvalue weighted by Crippen LogP contribution is -2.30. The standard InChI is InChI=1S/C5H11NOS2/c1-4(7)5(6)3-9-8-2/h5H,3,6H2,1-2H3/t5-/m0/s1. The minimum absolute atomic E-state index is 0.0663. The number of hydrogen-bond acceptors (Lipinski definition) is 4. The van der Waals surface area contributed by atoms with E-state index in [0.29, 0.717) is 0 Å². The van der Waals surface area contributed by atoms with Crippen LogP contribution in [0.3, 0.4) is 0 Å². The lowest BCUT2D eigenvalue weighted by Gasteiger charge is -2.03. The van der Waals surface area contributed by atoms with E-state index < -0.39 is 0 Å². The van der Waals surface area contributed by atoms with Gasteiger partial charge in [-0.25, -0.2) is 0 Å². The molecule has 2 nitrogen and oxygen atoms in total. The smallest absolute Gasteiger partial charge is 0.147 e. The second-order valence-corrected chi connectivity index (χ2v) is 4.28. The predicted molar refractivity (Wildman–Crippen MR) is 44.6 cm³/mol. The van der Waals surface area contributed by atoms with Gasteiger partial charge in [-0.15, -0.1) is 0 Å². The van der Waals surface area contributed by atoms with Crippen molar-refractivity contribution >= 4 is 27.4 Å². The van der Waals surface area contributed by atoms with Gasteiger partial charge in [0.15, 0.2) is 0 Å². The van der Waals surface area contributed by atoms with E-state index in [-0.39, 0.29) is 11.8 Å². The fourth-order valence-corrected chi connectivity index (χ4v) is 1.62. The van der Waals surface area contributed by atoms with Crippen LogP contribution in [0.5, 0.6) is 0 Å². The summed E-state index contributed by atoms with van der Waals surface area (Å²) in [4.78, 5) is 10.5. The number of hydrogen-bond donors (Lipinski definition) is 1. The van der Waals surface area contributed by atoms with Crippen molar-refractivity contribution in [3.63, 3.8) is 0 Å². The molecule has 0 aromatic rings. The van der Waals surface area contributed by atoms with Crippen LogP contribution in [0.4, 0.5) is 0 Å². The van der Waals surface area contributed by atoms with Crippen molar-refractivity contribution in [2.45, 2.75) is 13.0 Å². The van der Waals surface area contributed by atoms with Crippen LogP contribution in [-0.4, -0.2) is 23.8 Å². The van der Waals surface area contributed by atoms with Crippen LogP contribution >= 0.6 is 21.6 Å². The molecule has 0 saturated carbocycles. The Morgan fingerprint density at radius 3 is 2.67 bits per heavy atom. The second kappa shape index (κ2) is 5.14. The minimum Gasteiger partial charge on any atom is -0.321 e. The SMILES string of the molecule is CSSC[C@H](N)C(C)=O. The lowest BCUT2D eigenvalue weighted by molar-refractivity contribution is -0.117. The van der Waals surface area contributed by atoms with E-state index in [0.717, 1.165) is 5.75 Å². The van der Waals surface area contributed by atoms with Crippen molar-refractivity contribution in [1.29, 1.82) is 0 Å². The Balaban J connectivity index is 3.27. The molecule has 0 spiro atoms. The van der Waals surface area contributed by atoms with Crippen molar-refractivity contribution in [3.8, 4) is 0 Å². The molecule has 54 valence electrons. The van der Waals surface area contributed by atoms with Gasteiger partial charge in [-0.2, -0.15) is 0 Å².